The predicted octanol–water partition coefficient (Wildman–Crippen LogP) is 2.57. The summed E-state index contributed by atoms with van der Waals surface area (Å²) in [6.07, 6.45) is 8.13. The first-order valence-electron chi connectivity index (χ1n) is 5.82. The van der Waals surface area contributed by atoms with Gasteiger partial charge in [0.25, 0.3) is 0 Å². The van der Waals surface area contributed by atoms with E-state index in [0.717, 1.165) is 12.6 Å². The third kappa shape index (κ3) is 3.65. The molecule has 0 aromatic carbocycles. The Bertz CT molecular complexity index is 119. The Hall–Kier alpha value is -0.0800. The second-order valence-electron chi connectivity index (χ2n) is 3.91. The highest BCUT2D eigenvalue weighted by atomic mass is 15.5. The fraction of sp³-hybridized carbons (Fsp3) is 1.00. The van der Waals surface area contributed by atoms with E-state index in [2.05, 4.69) is 24.3 Å². The number of nitrogens with zero attached hydrogens (tertiary/aromatic N) is 2. The molecule has 0 aromatic heterocycles. The Morgan fingerprint density at radius 2 is 1.92 bits per heavy atom. The normalized spacial score (nSPS) is 18.7. The van der Waals surface area contributed by atoms with E-state index in [1.165, 1.54) is 45.1 Å². The van der Waals surface area contributed by atoms with Crippen molar-refractivity contribution in [2.24, 2.45) is 0 Å². The zero-order chi connectivity index (χ0) is 9.52. The number of unbranched alkanes of at least 4 members (excludes halogenated alkanes) is 1. The van der Waals surface area contributed by atoms with Gasteiger partial charge in [-0.1, -0.05) is 26.2 Å². The van der Waals surface area contributed by atoms with Gasteiger partial charge in [-0.05, 0) is 26.2 Å². The van der Waals surface area contributed by atoms with Crippen LogP contribution in [0.1, 0.15) is 52.4 Å². The molecule has 1 aliphatic rings. The molecular weight excluding hydrogens is 160 g/mol. The molecule has 1 aliphatic carbocycles. The standard InChI is InChI=1S/C11H23N2/c1-3-5-10-13(12-4-2)11-8-6-7-9-11/h11H,3-10H2,1-2H3. The maximum Gasteiger partial charge on any atom is 0.0278 e. The lowest BCUT2D eigenvalue weighted by Crippen LogP contribution is -2.40. The molecule has 0 N–H and O–H groups in total. The largest absolute Gasteiger partial charge is 0.224 e. The minimum atomic E-state index is 0.770. The van der Waals surface area contributed by atoms with Crippen LogP contribution in [0.4, 0.5) is 0 Å². The average Bonchev–Trinajstić information content (AvgIpc) is 2.65. The zero-order valence-electron chi connectivity index (χ0n) is 9.13. The first kappa shape index (κ1) is 11.0. The minimum absolute atomic E-state index is 0.770. The molecule has 0 spiro atoms. The topological polar surface area (TPSA) is 17.3 Å². The van der Waals surface area contributed by atoms with Gasteiger partial charge in [0.2, 0.25) is 0 Å². The smallest absolute Gasteiger partial charge is 0.0278 e. The molecule has 0 amide bonds. The summed E-state index contributed by atoms with van der Waals surface area (Å²) in [6, 6.07) is 0.770. The van der Waals surface area contributed by atoms with Crippen LogP contribution in [0.5, 0.6) is 0 Å². The quantitative estimate of drug-likeness (QED) is 0.579. The van der Waals surface area contributed by atoms with Crippen LogP contribution in [-0.2, 0) is 0 Å². The average molecular weight is 183 g/mol. The van der Waals surface area contributed by atoms with Crippen LogP contribution in [-0.4, -0.2) is 24.1 Å². The molecule has 0 heterocycles. The Labute approximate surface area is 82.7 Å². The van der Waals surface area contributed by atoms with E-state index in [0.29, 0.717) is 0 Å². The third-order valence-corrected chi connectivity index (χ3v) is 2.81. The summed E-state index contributed by atoms with van der Waals surface area (Å²) in [5, 5.41) is 2.36. The van der Waals surface area contributed by atoms with Crippen molar-refractivity contribution in [2.45, 2.75) is 58.4 Å². The van der Waals surface area contributed by atoms with Crippen molar-refractivity contribution in [1.82, 2.24) is 10.4 Å². The number of rotatable bonds is 6. The maximum absolute atomic E-state index is 4.58. The zero-order valence-corrected chi connectivity index (χ0v) is 9.13. The van der Waals surface area contributed by atoms with Crippen LogP contribution < -0.4 is 5.43 Å². The molecule has 2 nitrogen and oxygen atoms in total. The van der Waals surface area contributed by atoms with E-state index >= 15 is 0 Å². The second-order valence-corrected chi connectivity index (χ2v) is 3.91. The molecule has 2 heteroatoms. The predicted molar refractivity (Wildman–Crippen MR) is 56.5 cm³/mol. The Morgan fingerprint density at radius 3 is 2.46 bits per heavy atom. The van der Waals surface area contributed by atoms with E-state index in [9.17, 15) is 0 Å². The lowest BCUT2D eigenvalue weighted by Gasteiger charge is -2.26. The first-order valence-corrected chi connectivity index (χ1v) is 5.82. The second kappa shape index (κ2) is 6.39. The van der Waals surface area contributed by atoms with Crippen molar-refractivity contribution >= 4 is 0 Å². The highest BCUT2D eigenvalue weighted by molar-refractivity contribution is 4.74. The summed E-state index contributed by atoms with van der Waals surface area (Å²) in [5.74, 6) is 0. The molecule has 0 saturated heterocycles. The molecule has 77 valence electrons. The van der Waals surface area contributed by atoms with Crippen molar-refractivity contribution in [3.63, 3.8) is 0 Å². The van der Waals surface area contributed by atoms with Crippen LogP contribution in [0.15, 0.2) is 0 Å². The van der Waals surface area contributed by atoms with Crippen LogP contribution in [0.2, 0.25) is 0 Å². The van der Waals surface area contributed by atoms with Gasteiger partial charge in [-0.25, -0.2) is 5.01 Å². The summed E-state index contributed by atoms with van der Waals surface area (Å²) in [6.45, 7) is 6.50. The van der Waals surface area contributed by atoms with Crippen LogP contribution >= 0.6 is 0 Å². The van der Waals surface area contributed by atoms with Crippen LogP contribution in [0, 0.1) is 0 Å². The SMILES string of the molecule is CCCCN([N]CC)C1CCCC1. The fourth-order valence-corrected chi connectivity index (χ4v) is 2.07. The van der Waals surface area contributed by atoms with E-state index in [1.807, 2.05) is 0 Å². The fourth-order valence-electron chi connectivity index (χ4n) is 2.07. The molecule has 0 bridgehead atoms. The van der Waals surface area contributed by atoms with Gasteiger partial charge in [-0.15, -0.1) is 0 Å². The number of hydrogen-bond donors (Lipinski definition) is 0. The van der Waals surface area contributed by atoms with Crippen molar-refractivity contribution in [3.8, 4) is 0 Å². The van der Waals surface area contributed by atoms with E-state index < -0.39 is 0 Å². The van der Waals surface area contributed by atoms with E-state index in [-0.39, 0.29) is 0 Å². The molecule has 0 unspecified atom stereocenters. The monoisotopic (exact) mass is 183 g/mol. The first-order chi connectivity index (χ1) is 6.38. The maximum atomic E-state index is 4.58. The van der Waals surface area contributed by atoms with Crippen molar-refractivity contribution in [1.29, 1.82) is 0 Å². The van der Waals surface area contributed by atoms with E-state index in [4.69, 9.17) is 0 Å². The summed E-state index contributed by atoms with van der Waals surface area (Å²) in [5.41, 5.74) is 4.58. The van der Waals surface area contributed by atoms with Crippen molar-refractivity contribution < 1.29 is 0 Å². The Morgan fingerprint density at radius 1 is 1.23 bits per heavy atom. The van der Waals surface area contributed by atoms with Gasteiger partial charge < -0.3 is 0 Å². The molecule has 1 rings (SSSR count). The van der Waals surface area contributed by atoms with Gasteiger partial charge in [0, 0.05) is 19.1 Å². The molecular formula is C11H23N2. The van der Waals surface area contributed by atoms with E-state index in [1.54, 1.807) is 0 Å². The Kier molecular flexibility index (Phi) is 5.40. The summed E-state index contributed by atoms with van der Waals surface area (Å²) >= 11 is 0. The number of hydrogen-bond acceptors (Lipinski definition) is 1. The van der Waals surface area contributed by atoms with Crippen LogP contribution in [0.3, 0.4) is 0 Å². The van der Waals surface area contributed by atoms with Gasteiger partial charge in [-0.2, -0.15) is 5.43 Å². The Balaban J connectivity index is 2.26. The molecule has 13 heavy (non-hydrogen) atoms. The van der Waals surface area contributed by atoms with Gasteiger partial charge in [-0.3, -0.25) is 0 Å². The summed E-state index contributed by atoms with van der Waals surface area (Å²) in [4.78, 5) is 0. The third-order valence-electron chi connectivity index (χ3n) is 2.81. The highest BCUT2D eigenvalue weighted by Gasteiger charge is 2.21. The molecule has 1 saturated carbocycles. The summed E-state index contributed by atoms with van der Waals surface area (Å²) < 4.78 is 0. The van der Waals surface area contributed by atoms with Crippen molar-refractivity contribution in [2.75, 3.05) is 13.1 Å². The molecule has 0 aromatic rings. The molecule has 0 atom stereocenters. The lowest BCUT2D eigenvalue weighted by atomic mass is 10.2. The highest BCUT2D eigenvalue weighted by Crippen LogP contribution is 2.22. The molecule has 1 radical (unpaired) electrons. The van der Waals surface area contributed by atoms with Crippen molar-refractivity contribution in [3.05, 3.63) is 0 Å². The summed E-state index contributed by atoms with van der Waals surface area (Å²) in [7, 11) is 0. The van der Waals surface area contributed by atoms with Gasteiger partial charge >= 0.3 is 0 Å². The van der Waals surface area contributed by atoms with Gasteiger partial charge in [0.05, 0.1) is 0 Å². The lowest BCUT2D eigenvalue weighted by molar-refractivity contribution is 0.120. The molecule has 1 fully saturated rings. The van der Waals surface area contributed by atoms with Gasteiger partial charge in [0.15, 0.2) is 0 Å². The molecule has 0 aliphatic heterocycles. The minimum Gasteiger partial charge on any atom is -0.224 e. The van der Waals surface area contributed by atoms with Crippen LogP contribution in [0.25, 0.3) is 0 Å². The van der Waals surface area contributed by atoms with Gasteiger partial charge in [0.1, 0.15) is 0 Å².